The second-order valence-electron chi connectivity index (χ2n) is 2.58. The van der Waals surface area contributed by atoms with Crippen LogP contribution in [0.25, 0.3) is 0 Å². The molecule has 1 fully saturated rings. The summed E-state index contributed by atoms with van der Waals surface area (Å²) >= 11 is 0. The van der Waals surface area contributed by atoms with E-state index < -0.39 is 0 Å². The summed E-state index contributed by atoms with van der Waals surface area (Å²) < 4.78 is 5.24. The lowest BCUT2D eigenvalue weighted by Gasteiger charge is -2.27. The molecule has 0 aromatic rings. The number of fused-ring (bicyclic) bond motifs is 1. The Morgan fingerprint density at radius 3 is 3.50 bits per heavy atom. The van der Waals surface area contributed by atoms with Crippen LogP contribution in [-0.2, 0) is 4.74 Å². The van der Waals surface area contributed by atoms with Crippen LogP contribution in [0.5, 0.6) is 0 Å². The van der Waals surface area contributed by atoms with E-state index in [1.54, 1.807) is 0 Å². The van der Waals surface area contributed by atoms with E-state index in [4.69, 9.17) is 4.74 Å². The smallest absolute Gasteiger partial charge is 0.144 e. The maximum atomic E-state index is 5.24. The fraction of sp³-hybridized carbons (Fsp3) is 0.833. The minimum atomic E-state index is 0.230. The lowest BCUT2D eigenvalue weighted by molar-refractivity contribution is -0.00817. The van der Waals surface area contributed by atoms with Gasteiger partial charge in [-0.25, -0.2) is 4.99 Å². The Morgan fingerprint density at radius 2 is 2.70 bits per heavy atom. The van der Waals surface area contributed by atoms with Crippen molar-refractivity contribution in [1.29, 1.82) is 0 Å². The molecule has 0 amide bonds. The number of morpholine rings is 1. The Bertz CT molecular complexity index is 168. The van der Waals surface area contributed by atoms with Crippen LogP contribution >= 0.6 is 0 Å². The normalized spacial score (nSPS) is 32.9. The molecule has 1 unspecified atom stereocenters. The van der Waals surface area contributed by atoms with Crippen molar-refractivity contribution in [2.24, 2.45) is 4.99 Å². The summed E-state index contributed by atoms with van der Waals surface area (Å²) in [7, 11) is 0. The third-order valence-corrected chi connectivity index (χ3v) is 1.75. The van der Waals surface area contributed by atoms with Crippen molar-refractivity contribution in [2.75, 3.05) is 19.8 Å². The van der Waals surface area contributed by atoms with Crippen LogP contribution < -0.4 is 5.43 Å². The van der Waals surface area contributed by atoms with E-state index in [1.807, 2.05) is 6.92 Å². The summed E-state index contributed by atoms with van der Waals surface area (Å²) in [5.41, 5.74) is 3.16. The quantitative estimate of drug-likeness (QED) is 0.498. The van der Waals surface area contributed by atoms with Crippen molar-refractivity contribution >= 4 is 5.84 Å². The van der Waals surface area contributed by atoms with Crippen molar-refractivity contribution < 1.29 is 4.74 Å². The molecule has 56 valence electrons. The molecule has 4 nitrogen and oxygen atoms in total. The fourth-order valence-corrected chi connectivity index (χ4v) is 1.29. The molecule has 2 aliphatic heterocycles. The van der Waals surface area contributed by atoms with E-state index in [1.165, 1.54) is 0 Å². The van der Waals surface area contributed by atoms with Crippen LogP contribution in [0.2, 0.25) is 0 Å². The topological polar surface area (TPSA) is 36.9 Å². The van der Waals surface area contributed by atoms with Gasteiger partial charge in [0, 0.05) is 6.54 Å². The monoisotopic (exact) mass is 141 g/mol. The van der Waals surface area contributed by atoms with Crippen LogP contribution in [0.1, 0.15) is 6.92 Å². The molecule has 0 aliphatic carbocycles. The highest BCUT2D eigenvalue weighted by Crippen LogP contribution is 2.09. The maximum absolute atomic E-state index is 5.24. The zero-order valence-corrected chi connectivity index (χ0v) is 6.00. The summed E-state index contributed by atoms with van der Waals surface area (Å²) in [6.45, 7) is 4.44. The maximum Gasteiger partial charge on any atom is 0.144 e. The Labute approximate surface area is 59.8 Å². The number of nitrogens with one attached hydrogen (secondary N) is 1. The van der Waals surface area contributed by atoms with Gasteiger partial charge >= 0.3 is 0 Å². The summed E-state index contributed by atoms with van der Waals surface area (Å²) in [6, 6.07) is 0. The Balaban J connectivity index is 2.06. The number of hydrazine groups is 1. The zero-order valence-electron chi connectivity index (χ0n) is 6.00. The molecule has 1 N–H and O–H groups in total. The number of aliphatic imine (C=N–C) groups is 1. The minimum Gasteiger partial charge on any atom is -0.376 e. The second kappa shape index (κ2) is 2.21. The van der Waals surface area contributed by atoms with Crippen LogP contribution in [0.4, 0.5) is 0 Å². The van der Waals surface area contributed by atoms with Gasteiger partial charge in [-0.2, -0.15) is 5.01 Å². The third-order valence-electron chi connectivity index (χ3n) is 1.75. The highest BCUT2D eigenvalue weighted by atomic mass is 16.5. The minimum absolute atomic E-state index is 0.230. The second-order valence-corrected chi connectivity index (χ2v) is 2.58. The van der Waals surface area contributed by atoms with Crippen molar-refractivity contribution in [2.45, 2.75) is 13.1 Å². The predicted octanol–water partition coefficient (Wildman–Crippen LogP) is -0.419. The summed E-state index contributed by atoms with van der Waals surface area (Å²) in [6.07, 6.45) is 0.230. The molecular weight excluding hydrogens is 130 g/mol. The highest BCUT2D eigenvalue weighted by molar-refractivity contribution is 5.80. The van der Waals surface area contributed by atoms with Gasteiger partial charge in [0.2, 0.25) is 0 Å². The molecule has 4 heteroatoms. The summed E-state index contributed by atoms with van der Waals surface area (Å²) in [4.78, 5) is 4.32. The van der Waals surface area contributed by atoms with Gasteiger partial charge in [0.05, 0.1) is 13.2 Å². The van der Waals surface area contributed by atoms with Gasteiger partial charge in [-0.05, 0) is 6.92 Å². The number of hydrogen-bond donors (Lipinski definition) is 1. The molecule has 10 heavy (non-hydrogen) atoms. The predicted molar refractivity (Wildman–Crippen MR) is 37.6 cm³/mol. The van der Waals surface area contributed by atoms with E-state index in [-0.39, 0.29) is 6.17 Å². The van der Waals surface area contributed by atoms with E-state index in [9.17, 15) is 0 Å². The van der Waals surface area contributed by atoms with E-state index in [0.717, 1.165) is 25.6 Å². The average Bonchev–Trinajstić information content (AvgIpc) is 2.27. The Morgan fingerprint density at radius 1 is 1.80 bits per heavy atom. The first-order chi connectivity index (χ1) is 4.86. The lowest BCUT2D eigenvalue weighted by atomic mass is 10.4. The van der Waals surface area contributed by atoms with Crippen molar-refractivity contribution in [3.8, 4) is 0 Å². The van der Waals surface area contributed by atoms with Crippen LogP contribution in [0.15, 0.2) is 4.99 Å². The Hall–Kier alpha value is -0.610. The Kier molecular flexibility index (Phi) is 1.35. The average molecular weight is 141 g/mol. The largest absolute Gasteiger partial charge is 0.376 e. The molecule has 1 saturated heterocycles. The van der Waals surface area contributed by atoms with Gasteiger partial charge in [0.15, 0.2) is 0 Å². The first kappa shape index (κ1) is 6.12. The van der Waals surface area contributed by atoms with E-state index in [2.05, 4.69) is 15.4 Å². The molecule has 0 bridgehead atoms. The van der Waals surface area contributed by atoms with Gasteiger partial charge in [-0.3, -0.25) is 0 Å². The molecule has 1 atom stereocenters. The van der Waals surface area contributed by atoms with Crippen LogP contribution in [0.3, 0.4) is 0 Å². The third kappa shape index (κ3) is 0.892. The molecule has 0 aromatic carbocycles. The molecule has 0 aromatic heterocycles. The standard InChI is InChI=1S/C6H11N3O/c1-5-7-6-4-10-3-2-9(6)8-5/h6H,2-4H2,1H3,(H,7,8). The number of ether oxygens (including phenoxy) is 1. The molecule has 2 aliphatic rings. The summed E-state index contributed by atoms with van der Waals surface area (Å²) in [5, 5.41) is 2.11. The lowest BCUT2D eigenvalue weighted by Crippen LogP contribution is -2.47. The van der Waals surface area contributed by atoms with Crippen molar-refractivity contribution in [3.63, 3.8) is 0 Å². The first-order valence-electron chi connectivity index (χ1n) is 3.52. The first-order valence-corrected chi connectivity index (χ1v) is 3.52. The van der Waals surface area contributed by atoms with Gasteiger partial charge in [0.25, 0.3) is 0 Å². The fourth-order valence-electron chi connectivity index (χ4n) is 1.29. The zero-order chi connectivity index (χ0) is 6.97. The van der Waals surface area contributed by atoms with Gasteiger partial charge in [0.1, 0.15) is 12.0 Å². The van der Waals surface area contributed by atoms with E-state index in [0.29, 0.717) is 0 Å². The summed E-state index contributed by atoms with van der Waals surface area (Å²) in [5.74, 6) is 0.996. The molecule has 2 heterocycles. The molecule has 2 rings (SSSR count). The van der Waals surface area contributed by atoms with Gasteiger partial charge in [-0.1, -0.05) is 0 Å². The number of nitrogens with zero attached hydrogens (tertiary/aromatic N) is 2. The van der Waals surface area contributed by atoms with Crippen molar-refractivity contribution in [3.05, 3.63) is 0 Å². The number of hydrogen-bond acceptors (Lipinski definition) is 4. The molecule has 0 spiro atoms. The number of amidine groups is 1. The molecular formula is C6H11N3O. The molecule has 0 radical (unpaired) electrons. The van der Waals surface area contributed by atoms with Crippen molar-refractivity contribution in [1.82, 2.24) is 10.4 Å². The van der Waals surface area contributed by atoms with Crippen LogP contribution in [0, 0.1) is 0 Å². The van der Waals surface area contributed by atoms with E-state index >= 15 is 0 Å². The molecule has 0 saturated carbocycles. The van der Waals surface area contributed by atoms with Gasteiger partial charge in [-0.15, -0.1) is 0 Å². The van der Waals surface area contributed by atoms with Gasteiger partial charge < -0.3 is 10.2 Å². The SMILES string of the molecule is CC1=NC2COCCN2N1. The number of rotatable bonds is 0. The van der Waals surface area contributed by atoms with Crippen LogP contribution in [-0.4, -0.2) is 36.8 Å². The highest BCUT2D eigenvalue weighted by Gasteiger charge is 2.26.